The van der Waals surface area contributed by atoms with E-state index in [0.29, 0.717) is 12.0 Å². The van der Waals surface area contributed by atoms with Gasteiger partial charge in [-0.3, -0.25) is 0 Å². The highest BCUT2D eigenvalue weighted by molar-refractivity contribution is 4.88. The van der Waals surface area contributed by atoms with Crippen molar-refractivity contribution < 1.29 is 4.74 Å². The van der Waals surface area contributed by atoms with Crippen molar-refractivity contribution in [3.8, 4) is 0 Å². The van der Waals surface area contributed by atoms with Gasteiger partial charge in [-0.2, -0.15) is 0 Å². The van der Waals surface area contributed by atoms with Crippen LogP contribution in [-0.4, -0.2) is 25.8 Å². The summed E-state index contributed by atoms with van der Waals surface area (Å²) >= 11 is 0. The molecule has 0 aliphatic heterocycles. The molecule has 0 heterocycles. The van der Waals surface area contributed by atoms with E-state index in [1.165, 1.54) is 25.7 Å². The third-order valence-electron chi connectivity index (χ3n) is 3.37. The fourth-order valence-corrected chi connectivity index (χ4v) is 2.15. The Bertz CT molecular complexity index is 156. The Morgan fingerprint density at radius 2 is 2.00 bits per heavy atom. The van der Waals surface area contributed by atoms with E-state index in [4.69, 9.17) is 4.74 Å². The van der Waals surface area contributed by atoms with Gasteiger partial charge < -0.3 is 10.1 Å². The van der Waals surface area contributed by atoms with E-state index in [1.54, 1.807) is 7.11 Å². The molecule has 15 heavy (non-hydrogen) atoms. The quantitative estimate of drug-likeness (QED) is 0.669. The summed E-state index contributed by atoms with van der Waals surface area (Å²) in [5.74, 6) is 1.60. The largest absolute Gasteiger partial charge is 0.383 e. The highest BCUT2D eigenvalue weighted by Crippen LogP contribution is 2.34. The molecular weight excluding hydrogens is 186 g/mol. The Morgan fingerprint density at radius 1 is 1.33 bits per heavy atom. The molecule has 2 heteroatoms. The Labute approximate surface area is 94.8 Å². The first-order valence-corrected chi connectivity index (χ1v) is 6.44. The monoisotopic (exact) mass is 213 g/mol. The number of rotatable bonds is 8. The summed E-state index contributed by atoms with van der Waals surface area (Å²) in [6, 6.07) is 1.25. The van der Waals surface area contributed by atoms with Crippen molar-refractivity contribution in [3.63, 3.8) is 0 Å². The second-order valence-electron chi connectivity index (χ2n) is 5.21. The summed E-state index contributed by atoms with van der Waals surface area (Å²) in [5.41, 5.74) is 0. The topological polar surface area (TPSA) is 21.3 Å². The van der Waals surface area contributed by atoms with Gasteiger partial charge in [0.25, 0.3) is 0 Å². The van der Waals surface area contributed by atoms with Gasteiger partial charge in [-0.05, 0) is 31.1 Å². The number of hydrogen-bond donors (Lipinski definition) is 1. The first-order chi connectivity index (χ1) is 7.19. The molecule has 1 aliphatic rings. The number of ether oxygens (including phenoxy) is 1. The summed E-state index contributed by atoms with van der Waals surface area (Å²) < 4.78 is 5.28. The molecule has 0 aromatic heterocycles. The number of nitrogens with one attached hydrogen (secondary N) is 1. The van der Waals surface area contributed by atoms with E-state index < -0.39 is 0 Å². The first kappa shape index (κ1) is 13.0. The van der Waals surface area contributed by atoms with Crippen LogP contribution in [0.2, 0.25) is 0 Å². The lowest BCUT2D eigenvalue weighted by atomic mass is 10.0. The van der Waals surface area contributed by atoms with Gasteiger partial charge in [0.15, 0.2) is 0 Å². The summed E-state index contributed by atoms with van der Waals surface area (Å²) in [6.07, 6.45) is 5.45. The number of methoxy groups -OCH3 is 1. The molecule has 1 N–H and O–H groups in total. The van der Waals surface area contributed by atoms with Crippen LogP contribution >= 0.6 is 0 Å². The molecule has 0 amide bonds. The molecule has 0 aromatic carbocycles. The average Bonchev–Trinajstić information content (AvgIpc) is 2.99. The van der Waals surface area contributed by atoms with Crippen LogP contribution in [0.25, 0.3) is 0 Å². The Kier molecular flexibility index (Phi) is 5.62. The highest BCUT2D eigenvalue weighted by Gasteiger charge is 2.32. The molecule has 2 nitrogen and oxygen atoms in total. The van der Waals surface area contributed by atoms with E-state index in [9.17, 15) is 0 Å². The molecule has 2 unspecified atom stereocenters. The predicted molar refractivity (Wildman–Crippen MR) is 65.1 cm³/mol. The zero-order chi connectivity index (χ0) is 11.3. The Hall–Kier alpha value is -0.0800. The van der Waals surface area contributed by atoms with Gasteiger partial charge in [0.1, 0.15) is 0 Å². The van der Waals surface area contributed by atoms with Crippen molar-refractivity contribution in [1.82, 2.24) is 5.32 Å². The standard InChI is InChI=1S/C13H27NO/c1-5-6-12(11-7-8-11)14-13(9-15-4)10(2)3/h10-14H,5-9H2,1-4H3. The molecule has 0 bridgehead atoms. The summed E-state index contributed by atoms with van der Waals surface area (Å²) in [6.45, 7) is 7.65. The van der Waals surface area contributed by atoms with Gasteiger partial charge in [0, 0.05) is 19.2 Å². The van der Waals surface area contributed by atoms with Gasteiger partial charge in [0.2, 0.25) is 0 Å². The van der Waals surface area contributed by atoms with Gasteiger partial charge in [-0.25, -0.2) is 0 Å². The van der Waals surface area contributed by atoms with Gasteiger partial charge in [-0.1, -0.05) is 27.2 Å². The van der Waals surface area contributed by atoms with Crippen molar-refractivity contribution in [1.29, 1.82) is 0 Å². The summed E-state index contributed by atoms with van der Waals surface area (Å²) in [5, 5.41) is 3.79. The molecule has 0 saturated heterocycles. The Balaban J connectivity index is 2.38. The van der Waals surface area contributed by atoms with Crippen LogP contribution in [-0.2, 0) is 4.74 Å². The summed E-state index contributed by atoms with van der Waals surface area (Å²) in [7, 11) is 1.79. The van der Waals surface area contributed by atoms with Crippen molar-refractivity contribution in [2.45, 2.75) is 58.5 Å². The van der Waals surface area contributed by atoms with Crippen LogP contribution in [0.1, 0.15) is 46.5 Å². The molecule has 1 rings (SSSR count). The fourth-order valence-electron chi connectivity index (χ4n) is 2.15. The second-order valence-corrected chi connectivity index (χ2v) is 5.21. The molecule has 1 saturated carbocycles. The zero-order valence-electron chi connectivity index (χ0n) is 10.8. The third kappa shape index (κ3) is 4.52. The van der Waals surface area contributed by atoms with Crippen LogP contribution in [0.15, 0.2) is 0 Å². The number of hydrogen-bond acceptors (Lipinski definition) is 2. The van der Waals surface area contributed by atoms with E-state index in [-0.39, 0.29) is 0 Å². The Morgan fingerprint density at radius 3 is 2.40 bits per heavy atom. The zero-order valence-corrected chi connectivity index (χ0v) is 10.8. The maximum Gasteiger partial charge on any atom is 0.0618 e. The highest BCUT2D eigenvalue weighted by atomic mass is 16.5. The van der Waals surface area contributed by atoms with E-state index in [0.717, 1.165) is 18.6 Å². The molecule has 1 aliphatic carbocycles. The minimum atomic E-state index is 0.521. The van der Waals surface area contributed by atoms with Crippen molar-refractivity contribution >= 4 is 0 Å². The molecule has 1 fully saturated rings. The smallest absolute Gasteiger partial charge is 0.0618 e. The maximum atomic E-state index is 5.28. The molecular formula is C13H27NO. The SMILES string of the molecule is CCCC(NC(COC)C(C)C)C1CC1. The normalized spacial score (nSPS) is 20.6. The van der Waals surface area contributed by atoms with E-state index >= 15 is 0 Å². The molecule has 90 valence electrons. The lowest BCUT2D eigenvalue weighted by Gasteiger charge is -2.28. The van der Waals surface area contributed by atoms with Crippen LogP contribution in [0.5, 0.6) is 0 Å². The minimum Gasteiger partial charge on any atom is -0.383 e. The predicted octanol–water partition coefficient (Wildman–Crippen LogP) is 2.83. The maximum absolute atomic E-state index is 5.28. The second kappa shape index (κ2) is 6.49. The van der Waals surface area contributed by atoms with Crippen LogP contribution in [0.4, 0.5) is 0 Å². The molecule has 0 spiro atoms. The molecule has 0 radical (unpaired) electrons. The molecule has 0 aromatic rings. The summed E-state index contributed by atoms with van der Waals surface area (Å²) in [4.78, 5) is 0. The minimum absolute atomic E-state index is 0.521. The van der Waals surface area contributed by atoms with E-state index in [2.05, 4.69) is 26.1 Å². The van der Waals surface area contributed by atoms with Crippen LogP contribution < -0.4 is 5.32 Å². The van der Waals surface area contributed by atoms with Gasteiger partial charge >= 0.3 is 0 Å². The van der Waals surface area contributed by atoms with Crippen LogP contribution in [0, 0.1) is 11.8 Å². The fraction of sp³-hybridized carbons (Fsp3) is 1.00. The van der Waals surface area contributed by atoms with Gasteiger partial charge in [-0.15, -0.1) is 0 Å². The van der Waals surface area contributed by atoms with Gasteiger partial charge in [0.05, 0.1) is 6.61 Å². The average molecular weight is 213 g/mol. The lowest BCUT2D eigenvalue weighted by molar-refractivity contribution is 0.136. The van der Waals surface area contributed by atoms with E-state index in [1.807, 2.05) is 0 Å². The molecule has 2 atom stereocenters. The van der Waals surface area contributed by atoms with Crippen molar-refractivity contribution in [3.05, 3.63) is 0 Å². The lowest BCUT2D eigenvalue weighted by Crippen LogP contribution is -2.45. The third-order valence-corrected chi connectivity index (χ3v) is 3.37. The van der Waals surface area contributed by atoms with Crippen molar-refractivity contribution in [2.24, 2.45) is 11.8 Å². The first-order valence-electron chi connectivity index (χ1n) is 6.44. The van der Waals surface area contributed by atoms with Crippen molar-refractivity contribution in [2.75, 3.05) is 13.7 Å². The van der Waals surface area contributed by atoms with Crippen LogP contribution in [0.3, 0.4) is 0 Å².